The predicted molar refractivity (Wildman–Crippen MR) is 140 cm³/mol. The van der Waals surface area contributed by atoms with Crippen molar-refractivity contribution >= 4 is 18.4 Å². The number of fused-ring (bicyclic) bond motifs is 1. The van der Waals surface area contributed by atoms with E-state index >= 15 is 0 Å². The fraction of sp³-hybridized carbons (Fsp3) is 0.536. The van der Waals surface area contributed by atoms with Crippen LogP contribution in [0.1, 0.15) is 49.3 Å². The van der Waals surface area contributed by atoms with Crippen molar-refractivity contribution in [1.82, 2.24) is 4.90 Å². The Morgan fingerprint density at radius 1 is 1.11 bits per heavy atom. The highest BCUT2D eigenvalue weighted by Gasteiger charge is 2.39. The minimum atomic E-state index is -0.727. The number of nitrogens with zero attached hydrogens (tertiary/aromatic N) is 1. The first-order valence-corrected chi connectivity index (χ1v) is 12.2. The lowest BCUT2D eigenvalue weighted by atomic mass is 9.65. The summed E-state index contributed by atoms with van der Waals surface area (Å²) in [6.07, 6.45) is 2.96. The van der Waals surface area contributed by atoms with E-state index in [1.807, 2.05) is 31.3 Å². The number of ether oxygens (including phenoxy) is 2. The molecule has 3 rings (SSSR count). The summed E-state index contributed by atoms with van der Waals surface area (Å²) in [5.41, 5.74) is 3.31. The molecule has 0 bridgehead atoms. The SMILES string of the molecule is COc1ccc(CCN(C)CC[C@@H](C(=O)O)C2CCc3cc(F)ccc3[C@@H]2C(C)C)cc1OC.Cl. The van der Waals surface area contributed by atoms with E-state index in [4.69, 9.17) is 9.47 Å². The Morgan fingerprint density at radius 3 is 2.46 bits per heavy atom. The molecule has 0 aromatic heterocycles. The molecule has 7 heteroatoms. The van der Waals surface area contributed by atoms with Gasteiger partial charge in [-0.15, -0.1) is 12.4 Å². The number of rotatable bonds is 11. The average molecular weight is 508 g/mol. The Morgan fingerprint density at radius 2 is 1.83 bits per heavy atom. The van der Waals surface area contributed by atoms with Gasteiger partial charge in [-0.1, -0.05) is 26.0 Å². The molecule has 0 fully saturated rings. The van der Waals surface area contributed by atoms with Crippen LogP contribution in [0, 0.1) is 23.6 Å². The monoisotopic (exact) mass is 507 g/mol. The molecule has 1 N–H and O–H groups in total. The fourth-order valence-electron chi connectivity index (χ4n) is 5.50. The molecule has 2 aromatic carbocycles. The Balaban J connectivity index is 0.00000432. The molecule has 0 spiro atoms. The van der Waals surface area contributed by atoms with Crippen molar-refractivity contribution in [1.29, 1.82) is 0 Å². The van der Waals surface area contributed by atoms with Gasteiger partial charge in [-0.2, -0.15) is 0 Å². The molecule has 194 valence electrons. The van der Waals surface area contributed by atoms with Crippen molar-refractivity contribution in [2.75, 3.05) is 34.4 Å². The summed E-state index contributed by atoms with van der Waals surface area (Å²) in [7, 11) is 5.29. The van der Waals surface area contributed by atoms with Crippen LogP contribution < -0.4 is 9.47 Å². The van der Waals surface area contributed by atoms with Gasteiger partial charge in [0, 0.05) is 6.54 Å². The molecule has 0 aliphatic heterocycles. The molecule has 35 heavy (non-hydrogen) atoms. The summed E-state index contributed by atoms with van der Waals surface area (Å²) in [5.74, 6) is 0.525. The van der Waals surface area contributed by atoms with Crippen LogP contribution in [0.5, 0.6) is 11.5 Å². The number of methoxy groups -OCH3 is 2. The number of halogens is 2. The molecule has 5 nitrogen and oxygen atoms in total. The summed E-state index contributed by atoms with van der Waals surface area (Å²) in [6, 6.07) is 10.9. The first-order chi connectivity index (χ1) is 16.2. The van der Waals surface area contributed by atoms with Gasteiger partial charge in [-0.05, 0) is 98.0 Å². The van der Waals surface area contributed by atoms with Crippen LogP contribution in [-0.2, 0) is 17.6 Å². The molecule has 0 saturated heterocycles. The number of hydrogen-bond acceptors (Lipinski definition) is 4. The van der Waals surface area contributed by atoms with Crippen LogP contribution in [0.2, 0.25) is 0 Å². The zero-order valence-corrected chi connectivity index (χ0v) is 22.2. The topological polar surface area (TPSA) is 59.0 Å². The van der Waals surface area contributed by atoms with E-state index < -0.39 is 11.9 Å². The van der Waals surface area contributed by atoms with Gasteiger partial charge >= 0.3 is 5.97 Å². The molecule has 0 radical (unpaired) electrons. The van der Waals surface area contributed by atoms with Gasteiger partial charge in [0.2, 0.25) is 0 Å². The number of carboxylic acids is 1. The maximum absolute atomic E-state index is 13.8. The molecular weight excluding hydrogens is 469 g/mol. The van der Waals surface area contributed by atoms with E-state index in [0.717, 1.165) is 42.5 Å². The second kappa shape index (κ2) is 13.1. The molecule has 0 heterocycles. The molecule has 2 aromatic rings. The normalized spacial score (nSPS) is 18.1. The number of carbonyl (C=O) groups is 1. The number of carboxylic acid groups (broad SMARTS) is 1. The van der Waals surface area contributed by atoms with Crippen LogP contribution in [0.25, 0.3) is 0 Å². The molecular formula is C28H39ClFNO4. The lowest BCUT2D eigenvalue weighted by Crippen LogP contribution is -2.36. The van der Waals surface area contributed by atoms with Gasteiger partial charge in [0.05, 0.1) is 20.1 Å². The highest BCUT2D eigenvalue weighted by molar-refractivity contribution is 5.85. The third-order valence-corrected chi connectivity index (χ3v) is 7.28. The summed E-state index contributed by atoms with van der Waals surface area (Å²) in [6.45, 7) is 5.82. The van der Waals surface area contributed by atoms with E-state index in [1.165, 1.54) is 6.07 Å². The van der Waals surface area contributed by atoms with E-state index in [2.05, 4.69) is 18.7 Å². The quantitative estimate of drug-likeness (QED) is 0.414. The molecule has 0 amide bonds. The second-order valence-electron chi connectivity index (χ2n) is 9.79. The van der Waals surface area contributed by atoms with Crippen molar-refractivity contribution in [2.45, 2.75) is 45.4 Å². The highest BCUT2D eigenvalue weighted by Crippen LogP contribution is 2.45. The van der Waals surface area contributed by atoms with Gasteiger partial charge in [0.25, 0.3) is 0 Å². The summed E-state index contributed by atoms with van der Waals surface area (Å²) < 4.78 is 24.5. The minimum Gasteiger partial charge on any atom is -0.493 e. The van der Waals surface area contributed by atoms with E-state index in [0.29, 0.717) is 30.4 Å². The van der Waals surface area contributed by atoms with Gasteiger partial charge in [0.1, 0.15) is 5.82 Å². The second-order valence-corrected chi connectivity index (χ2v) is 9.79. The lowest BCUT2D eigenvalue weighted by Gasteiger charge is -2.39. The first-order valence-electron chi connectivity index (χ1n) is 12.2. The zero-order chi connectivity index (χ0) is 24.8. The predicted octanol–water partition coefficient (Wildman–Crippen LogP) is 5.83. The van der Waals surface area contributed by atoms with Crippen LogP contribution in [0.4, 0.5) is 4.39 Å². The molecule has 1 aliphatic carbocycles. The van der Waals surface area contributed by atoms with Crippen LogP contribution in [-0.4, -0.2) is 50.3 Å². The molecule has 1 aliphatic rings. The fourth-order valence-corrected chi connectivity index (χ4v) is 5.50. The summed E-state index contributed by atoms with van der Waals surface area (Å²) >= 11 is 0. The Labute approximate surface area is 215 Å². The number of aryl methyl sites for hydroxylation is 1. The van der Waals surface area contributed by atoms with E-state index in [-0.39, 0.29) is 30.1 Å². The largest absolute Gasteiger partial charge is 0.493 e. The van der Waals surface area contributed by atoms with Crippen LogP contribution in [0.15, 0.2) is 36.4 Å². The van der Waals surface area contributed by atoms with Crippen LogP contribution in [0.3, 0.4) is 0 Å². The zero-order valence-electron chi connectivity index (χ0n) is 21.4. The van der Waals surface area contributed by atoms with Gasteiger partial charge in [-0.25, -0.2) is 4.39 Å². The molecule has 3 atom stereocenters. The Bertz CT molecular complexity index is 983. The van der Waals surface area contributed by atoms with Gasteiger partial charge < -0.3 is 19.5 Å². The highest BCUT2D eigenvalue weighted by atomic mass is 35.5. The van der Waals surface area contributed by atoms with Gasteiger partial charge in [0.15, 0.2) is 11.5 Å². The molecule has 1 unspecified atom stereocenters. The maximum Gasteiger partial charge on any atom is 0.306 e. The lowest BCUT2D eigenvalue weighted by molar-refractivity contribution is -0.145. The first kappa shape index (κ1) is 28.9. The van der Waals surface area contributed by atoms with Crippen LogP contribution >= 0.6 is 12.4 Å². The van der Waals surface area contributed by atoms with Gasteiger partial charge in [-0.3, -0.25) is 4.79 Å². The van der Waals surface area contributed by atoms with Crippen molar-refractivity contribution in [3.63, 3.8) is 0 Å². The number of benzene rings is 2. The van der Waals surface area contributed by atoms with Crippen molar-refractivity contribution < 1.29 is 23.8 Å². The summed E-state index contributed by atoms with van der Waals surface area (Å²) in [5, 5.41) is 10.1. The average Bonchev–Trinajstić information content (AvgIpc) is 2.81. The van der Waals surface area contributed by atoms with Crippen molar-refractivity contribution in [3.05, 3.63) is 58.9 Å². The Hall–Kier alpha value is -2.31. The smallest absolute Gasteiger partial charge is 0.306 e. The number of likely N-dealkylation sites (N-methyl/N-ethyl adjacent to an activating group) is 1. The van der Waals surface area contributed by atoms with Crippen molar-refractivity contribution in [2.24, 2.45) is 17.8 Å². The third kappa shape index (κ3) is 7.11. The number of aliphatic carboxylic acids is 1. The third-order valence-electron chi connectivity index (χ3n) is 7.28. The minimum absolute atomic E-state index is 0. The number of hydrogen-bond donors (Lipinski definition) is 1. The standard InChI is InChI=1S/C28H38FNO4.ClH/c1-18(2)27-22-10-8-21(29)17-20(22)7-9-23(27)24(28(31)32)13-15-30(3)14-12-19-6-11-25(33-4)26(16-19)34-5;/h6,8,10-11,16-18,23-24,27H,7,9,12-15H2,1-5H3,(H,31,32);1H/t23?,24-,27+;/m1./s1. The van der Waals surface area contributed by atoms with E-state index in [9.17, 15) is 14.3 Å². The Kier molecular flexibility index (Phi) is 10.8. The summed E-state index contributed by atoms with van der Waals surface area (Å²) in [4.78, 5) is 14.5. The molecule has 0 saturated carbocycles. The van der Waals surface area contributed by atoms with E-state index in [1.54, 1.807) is 20.3 Å². The van der Waals surface area contributed by atoms with Crippen molar-refractivity contribution in [3.8, 4) is 11.5 Å². The maximum atomic E-state index is 13.8.